The van der Waals surface area contributed by atoms with E-state index in [-0.39, 0.29) is 23.3 Å². The van der Waals surface area contributed by atoms with Crippen LogP contribution in [0.5, 0.6) is 0 Å². The van der Waals surface area contributed by atoms with Crippen molar-refractivity contribution in [3.05, 3.63) is 80.7 Å². The first kappa shape index (κ1) is 29.2. The van der Waals surface area contributed by atoms with Crippen LogP contribution in [-0.2, 0) is 18.9 Å². The predicted molar refractivity (Wildman–Crippen MR) is 138 cm³/mol. The van der Waals surface area contributed by atoms with E-state index >= 15 is 0 Å². The second-order valence-electron chi connectivity index (χ2n) is 8.97. The van der Waals surface area contributed by atoms with E-state index in [1.54, 1.807) is 12.1 Å². The van der Waals surface area contributed by atoms with Crippen LogP contribution in [0.3, 0.4) is 0 Å². The van der Waals surface area contributed by atoms with E-state index in [2.05, 4.69) is 15.7 Å². The summed E-state index contributed by atoms with van der Waals surface area (Å²) < 4.78 is 79.5. The van der Waals surface area contributed by atoms with Crippen LogP contribution in [0, 0.1) is 0 Å². The van der Waals surface area contributed by atoms with Crippen molar-refractivity contribution >= 4 is 34.7 Å². The normalized spacial score (nSPS) is 14.5. The number of halogens is 7. The van der Waals surface area contributed by atoms with Gasteiger partial charge in [-0.15, -0.1) is 0 Å². The summed E-state index contributed by atoms with van der Waals surface area (Å²) in [5.41, 5.74) is -2.88. The zero-order valence-corrected chi connectivity index (χ0v) is 21.4. The molecule has 0 unspecified atom stereocenters. The summed E-state index contributed by atoms with van der Waals surface area (Å²) in [6.07, 6.45) is -7.66. The molecular weight excluding hydrogens is 566 g/mol. The number of rotatable bonds is 5. The van der Waals surface area contributed by atoms with Crippen LogP contribution in [0.4, 0.5) is 48.2 Å². The third kappa shape index (κ3) is 7.24. The van der Waals surface area contributed by atoms with Gasteiger partial charge in [-0.25, -0.2) is 9.48 Å². The summed E-state index contributed by atoms with van der Waals surface area (Å²) >= 11 is 6.35. The van der Waals surface area contributed by atoms with Gasteiger partial charge in [-0.1, -0.05) is 23.7 Å². The van der Waals surface area contributed by atoms with Crippen molar-refractivity contribution in [3.8, 4) is 0 Å². The zero-order chi connectivity index (χ0) is 29.1. The van der Waals surface area contributed by atoms with Crippen LogP contribution in [0.1, 0.15) is 23.1 Å². The molecule has 3 N–H and O–H groups in total. The summed E-state index contributed by atoms with van der Waals surface area (Å²) in [5.74, 6) is 0. The molecule has 15 heteroatoms. The number of anilines is 3. The second kappa shape index (κ2) is 11.8. The van der Waals surface area contributed by atoms with E-state index in [0.29, 0.717) is 29.9 Å². The third-order valence-corrected chi connectivity index (χ3v) is 6.39. The molecule has 3 aromatic rings. The molecule has 2 aromatic carbocycles. The number of carbonyl (C=O) groups excluding carboxylic acids is 1. The maximum Gasteiger partial charge on any atom is 0.416 e. The van der Waals surface area contributed by atoms with Crippen molar-refractivity contribution in [1.29, 1.82) is 0 Å². The van der Waals surface area contributed by atoms with E-state index < -0.39 is 40.8 Å². The minimum absolute atomic E-state index is 0.0326. The Morgan fingerprint density at radius 1 is 0.925 bits per heavy atom. The van der Waals surface area contributed by atoms with Gasteiger partial charge in [0.2, 0.25) is 0 Å². The minimum Gasteiger partial charge on any atom is -0.368 e. The standard InChI is InChI=1S/C25H23ClF6N6O2/c26-21-20(37-8-1-6-33-7-9-37)13-34-38(22(21)39)14-15-2-4-18(5-3-15)35-23(40)36-19-11-16(24(27,28)29)10-17(12-19)25(30,31)32/h2-5,10-13,33H,1,6-9,14H2,(H2,35,36,40). The molecule has 1 aliphatic rings. The molecule has 214 valence electrons. The summed E-state index contributed by atoms with van der Waals surface area (Å²) in [6, 6.07) is 5.77. The number of hydrogen-bond acceptors (Lipinski definition) is 5. The molecule has 1 aromatic heterocycles. The number of carbonyl (C=O) groups is 1. The van der Waals surface area contributed by atoms with E-state index in [1.165, 1.54) is 23.0 Å². The molecule has 4 rings (SSSR count). The van der Waals surface area contributed by atoms with E-state index in [1.807, 2.05) is 10.2 Å². The van der Waals surface area contributed by atoms with Crippen LogP contribution in [0.15, 0.2) is 53.5 Å². The van der Waals surface area contributed by atoms with Crippen molar-refractivity contribution in [3.63, 3.8) is 0 Å². The summed E-state index contributed by atoms with van der Waals surface area (Å²) in [7, 11) is 0. The number of amides is 2. The lowest BCUT2D eigenvalue weighted by Crippen LogP contribution is -2.32. The highest BCUT2D eigenvalue weighted by molar-refractivity contribution is 6.33. The van der Waals surface area contributed by atoms with Gasteiger partial charge in [-0.05, 0) is 48.9 Å². The molecule has 0 aliphatic carbocycles. The number of nitrogens with zero attached hydrogens (tertiary/aromatic N) is 3. The van der Waals surface area contributed by atoms with E-state index in [4.69, 9.17) is 11.6 Å². The largest absolute Gasteiger partial charge is 0.416 e. The van der Waals surface area contributed by atoms with Crippen LogP contribution in [0.2, 0.25) is 5.02 Å². The predicted octanol–water partition coefficient (Wildman–Crippen LogP) is 5.43. The number of nitrogens with one attached hydrogen (secondary N) is 3. The van der Waals surface area contributed by atoms with Gasteiger partial charge < -0.3 is 20.9 Å². The second-order valence-corrected chi connectivity index (χ2v) is 9.35. The van der Waals surface area contributed by atoms with Crippen molar-refractivity contribution in [2.75, 3.05) is 41.7 Å². The Hall–Kier alpha value is -3.78. The fraction of sp³-hybridized carbons (Fsp3) is 0.320. The van der Waals surface area contributed by atoms with Crippen LogP contribution in [0.25, 0.3) is 0 Å². The first-order valence-electron chi connectivity index (χ1n) is 12.0. The molecule has 1 aliphatic heterocycles. The highest BCUT2D eigenvalue weighted by Gasteiger charge is 2.37. The maximum absolute atomic E-state index is 13.0. The highest BCUT2D eigenvalue weighted by Crippen LogP contribution is 2.37. The summed E-state index contributed by atoms with van der Waals surface area (Å²) in [5, 5.41) is 11.9. The van der Waals surface area contributed by atoms with Gasteiger partial charge in [0, 0.05) is 31.0 Å². The van der Waals surface area contributed by atoms with Crippen LogP contribution < -0.4 is 26.4 Å². The van der Waals surface area contributed by atoms with Gasteiger partial charge in [-0.2, -0.15) is 31.4 Å². The smallest absolute Gasteiger partial charge is 0.368 e. The fourth-order valence-corrected chi connectivity index (χ4v) is 4.33. The van der Waals surface area contributed by atoms with Gasteiger partial charge in [0.05, 0.1) is 29.6 Å². The molecule has 0 radical (unpaired) electrons. The van der Waals surface area contributed by atoms with Gasteiger partial charge in [0.1, 0.15) is 5.02 Å². The Kier molecular flexibility index (Phi) is 8.59. The number of hydrogen-bond donors (Lipinski definition) is 3. The lowest BCUT2D eigenvalue weighted by atomic mass is 10.1. The van der Waals surface area contributed by atoms with E-state index in [0.717, 1.165) is 26.1 Å². The van der Waals surface area contributed by atoms with Gasteiger partial charge in [0.15, 0.2) is 0 Å². The van der Waals surface area contributed by atoms with E-state index in [9.17, 15) is 35.9 Å². The molecule has 40 heavy (non-hydrogen) atoms. The number of benzene rings is 2. The molecule has 2 amide bonds. The molecule has 0 spiro atoms. The Morgan fingerprint density at radius 2 is 1.55 bits per heavy atom. The Balaban J connectivity index is 1.42. The molecule has 0 bridgehead atoms. The molecule has 0 saturated carbocycles. The van der Waals surface area contributed by atoms with Crippen molar-refractivity contribution in [2.45, 2.75) is 25.3 Å². The Labute approximate surface area is 228 Å². The molecule has 1 saturated heterocycles. The fourth-order valence-electron chi connectivity index (χ4n) is 4.06. The van der Waals surface area contributed by atoms with Crippen molar-refractivity contribution < 1.29 is 31.1 Å². The Morgan fingerprint density at radius 3 is 2.17 bits per heavy atom. The molecular formula is C25H23ClF6N6O2. The van der Waals surface area contributed by atoms with Crippen molar-refractivity contribution in [1.82, 2.24) is 15.1 Å². The lowest BCUT2D eigenvalue weighted by molar-refractivity contribution is -0.143. The first-order chi connectivity index (χ1) is 18.8. The molecule has 1 fully saturated rings. The lowest BCUT2D eigenvalue weighted by Gasteiger charge is -2.23. The minimum atomic E-state index is -5.05. The third-order valence-electron chi connectivity index (χ3n) is 6.04. The van der Waals surface area contributed by atoms with Crippen LogP contribution >= 0.6 is 11.6 Å². The number of aromatic nitrogens is 2. The van der Waals surface area contributed by atoms with Gasteiger partial charge >= 0.3 is 18.4 Å². The maximum atomic E-state index is 13.0. The monoisotopic (exact) mass is 588 g/mol. The quantitative estimate of drug-likeness (QED) is 0.346. The van der Waals surface area contributed by atoms with Gasteiger partial charge in [0.25, 0.3) is 5.56 Å². The molecule has 8 nitrogen and oxygen atoms in total. The molecule has 2 heterocycles. The topological polar surface area (TPSA) is 91.3 Å². The zero-order valence-electron chi connectivity index (χ0n) is 20.7. The highest BCUT2D eigenvalue weighted by atomic mass is 35.5. The van der Waals surface area contributed by atoms with Crippen molar-refractivity contribution in [2.24, 2.45) is 0 Å². The Bertz CT molecular complexity index is 1390. The summed E-state index contributed by atoms with van der Waals surface area (Å²) in [4.78, 5) is 27.1. The average molecular weight is 589 g/mol. The summed E-state index contributed by atoms with van der Waals surface area (Å²) in [6.45, 7) is 3.11. The SMILES string of the molecule is O=C(Nc1ccc(Cn2ncc(N3CCCNCC3)c(Cl)c2=O)cc1)Nc1cc(C(F)(F)F)cc(C(F)(F)F)c1. The average Bonchev–Trinajstić information content (AvgIpc) is 3.16. The number of urea groups is 1. The molecule has 0 atom stereocenters. The van der Waals surface area contributed by atoms with Crippen LogP contribution in [-0.4, -0.2) is 42.0 Å². The first-order valence-corrected chi connectivity index (χ1v) is 12.4. The van der Waals surface area contributed by atoms with Gasteiger partial charge in [-0.3, -0.25) is 4.79 Å². The number of alkyl halides is 6.